The summed E-state index contributed by atoms with van der Waals surface area (Å²) in [5.41, 5.74) is 2.92. The van der Waals surface area contributed by atoms with Gasteiger partial charge in [-0.05, 0) is 53.5 Å². The minimum atomic E-state index is 0.503. The van der Waals surface area contributed by atoms with Crippen molar-refractivity contribution < 1.29 is 0 Å². The highest BCUT2D eigenvalue weighted by molar-refractivity contribution is 14.1. The van der Waals surface area contributed by atoms with E-state index in [1.54, 1.807) is 0 Å². The molecule has 0 N–H and O–H groups in total. The first-order valence-electron chi connectivity index (χ1n) is 6.37. The number of nitrogens with zero attached hydrogens (tertiary/aromatic N) is 2. The normalized spacial score (nSPS) is 11.2. The van der Waals surface area contributed by atoms with Crippen LogP contribution in [0.25, 0.3) is 11.4 Å². The van der Waals surface area contributed by atoms with Crippen LogP contribution in [0.1, 0.15) is 25.1 Å². The van der Waals surface area contributed by atoms with Crippen LogP contribution >= 0.6 is 45.8 Å². The molecular formula is C15H15Cl2IN2. The third-order valence-electron chi connectivity index (χ3n) is 2.91. The Kier molecular flexibility index (Phi) is 5.26. The van der Waals surface area contributed by atoms with Crippen LogP contribution in [-0.2, 0) is 6.42 Å². The lowest BCUT2D eigenvalue weighted by Gasteiger charge is -2.10. The summed E-state index contributed by atoms with van der Waals surface area (Å²) in [5.74, 6) is 1.15. The maximum Gasteiger partial charge on any atom is 0.161 e. The van der Waals surface area contributed by atoms with Gasteiger partial charge in [-0.15, -0.1) is 0 Å². The lowest BCUT2D eigenvalue weighted by Crippen LogP contribution is -2.04. The number of halogens is 3. The maximum absolute atomic E-state index is 6.23. The van der Waals surface area contributed by atoms with Crippen LogP contribution in [-0.4, -0.2) is 9.97 Å². The van der Waals surface area contributed by atoms with Gasteiger partial charge in [0.2, 0.25) is 0 Å². The van der Waals surface area contributed by atoms with E-state index in [1.807, 2.05) is 25.1 Å². The summed E-state index contributed by atoms with van der Waals surface area (Å²) in [6, 6.07) is 5.82. The fraction of sp³-hybridized carbons (Fsp3) is 0.333. The van der Waals surface area contributed by atoms with Crippen molar-refractivity contribution in [1.29, 1.82) is 0 Å². The summed E-state index contributed by atoms with van der Waals surface area (Å²) in [4.78, 5) is 9.02. The first kappa shape index (κ1) is 16.0. The molecule has 1 aromatic carbocycles. The molecule has 5 heteroatoms. The van der Waals surface area contributed by atoms with Crippen LogP contribution < -0.4 is 0 Å². The Balaban J connectivity index is 2.51. The number of aromatic nitrogens is 2. The SMILES string of the molecule is Cc1ccc(-c2nc(Cl)c(I)c(CC(C)C)n2)cc1Cl. The third kappa shape index (κ3) is 3.62. The molecule has 0 aliphatic heterocycles. The molecule has 1 heterocycles. The van der Waals surface area contributed by atoms with Crippen LogP contribution in [0.5, 0.6) is 0 Å². The molecule has 0 unspecified atom stereocenters. The van der Waals surface area contributed by atoms with Gasteiger partial charge in [0.1, 0.15) is 5.15 Å². The van der Waals surface area contributed by atoms with Crippen molar-refractivity contribution in [1.82, 2.24) is 9.97 Å². The first-order valence-corrected chi connectivity index (χ1v) is 8.20. The monoisotopic (exact) mass is 420 g/mol. The zero-order valence-corrected chi connectivity index (χ0v) is 15.2. The van der Waals surface area contributed by atoms with Gasteiger partial charge < -0.3 is 0 Å². The van der Waals surface area contributed by atoms with E-state index in [9.17, 15) is 0 Å². The molecule has 0 saturated heterocycles. The molecule has 0 aliphatic carbocycles. The zero-order chi connectivity index (χ0) is 14.9. The highest BCUT2D eigenvalue weighted by atomic mass is 127. The summed E-state index contributed by atoms with van der Waals surface area (Å²) in [7, 11) is 0. The molecule has 106 valence electrons. The summed E-state index contributed by atoms with van der Waals surface area (Å²) in [6.07, 6.45) is 0.882. The van der Waals surface area contributed by atoms with Gasteiger partial charge in [0.15, 0.2) is 5.82 Å². The molecule has 0 atom stereocenters. The van der Waals surface area contributed by atoms with Crippen LogP contribution in [0.15, 0.2) is 18.2 Å². The number of benzene rings is 1. The Bertz CT molecular complexity index is 642. The van der Waals surface area contributed by atoms with Gasteiger partial charge in [0.25, 0.3) is 0 Å². The molecule has 0 fully saturated rings. The standard InChI is InChI=1S/C15H15Cl2IN2/c1-8(2)6-12-13(18)14(17)20-15(19-12)10-5-4-9(3)11(16)7-10/h4-5,7-8H,6H2,1-3H3. The number of rotatable bonds is 3. The molecule has 20 heavy (non-hydrogen) atoms. The lowest BCUT2D eigenvalue weighted by molar-refractivity contribution is 0.632. The molecule has 2 aromatic rings. The number of hydrogen-bond donors (Lipinski definition) is 0. The van der Waals surface area contributed by atoms with Gasteiger partial charge in [-0.1, -0.05) is 49.2 Å². The van der Waals surface area contributed by atoms with E-state index in [1.165, 1.54) is 0 Å². The smallest absolute Gasteiger partial charge is 0.161 e. The quantitative estimate of drug-likeness (QED) is 0.479. The predicted octanol–water partition coefficient (Wildman–Crippen LogP) is 5.56. The second kappa shape index (κ2) is 6.58. The highest BCUT2D eigenvalue weighted by Gasteiger charge is 2.13. The van der Waals surface area contributed by atoms with Crippen molar-refractivity contribution >= 4 is 45.8 Å². The molecule has 0 aliphatic rings. The number of aryl methyl sites for hydroxylation is 1. The summed E-state index contributed by atoms with van der Waals surface area (Å²) in [5, 5.41) is 1.22. The van der Waals surface area contributed by atoms with Crippen LogP contribution in [0.3, 0.4) is 0 Å². The van der Waals surface area contributed by atoms with E-state index in [-0.39, 0.29) is 0 Å². The summed E-state index contributed by atoms with van der Waals surface area (Å²) >= 11 is 14.6. The van der Waals surface area contributed by atoms with Crippen LogP contribution in [0.2, 0.25) is 10.2 Å². The van der Waals surface area contributed by atoms with E-state index < -0.39 is 0 Å². The fourth-order valence-electron chi connectivity index (χ4n) is 1.85. The van der Waals surface area contributed by atoms with Gasteiger partial charge in [0, 0.05) is 10.6 Å². The van der Waals surface area contributed by atoms with Gasteiger partial charge in [-0.25, -0.2) is 9.97 Å². The van der Waals surface area contributed by atoms with E-state index in [0.29, 0.717) is 21.9 Å². The summed E-state index contributed by atoms with van der Waals surface area (Å²) in [6.45, 7) is 6.29. The van der Waals surface area contributed by atoms with E-state index in [4.69, 9.17) is 23.2 Å². The topological polar surface area (TPSA) is 25.8 Å². The van der Waals surface area contributed by atoms with Crippen molar-refractivity contribution in [2.75, 3.05) is 0 Å². The Labute approximate surface area is 143 Å². The zero-order valence-electron chi connectivity index (χ0n) is 11.5. The Hall–Kier alpha value is -0.390. The van der Waals surface area contributed by atoms with Crippen molar-refractivity contribution in [2.45, 2.75) is 27.2 Å². The van der Waals surface area contributed by atoms with E-state index >= 15 is 0 Å². The van der Waals surface area contributed by atoms with Gasteiger partial charge in [0.05, 0.1) is 9.26 Å². The average molecular weight is 421 g/mol. The minimum Gasteiger partial charge on any atom is -0.232 e. The Morgan fingerprint density at radius 3 is 2.50 bits per heavy atom. The lowest BCUT2D eigenvalue weighted by atomic mass is 10.1. The Morgan fingerprint density at radius 1 is 1.20 bits per heavy atom. The highest BCUT2D eigenvalue weighted by Crippen LogP contribution is 2.27. The van der Waals surface area contributed by atoms with Crippen LogP contribution in [0.4, 0.5) is 0 Å². The Morgan fingerprint density at radius 2 is 1.90 bits per heavy atom. The van der Waals surface area contributed by atoms with Gasteiger partial charge >= 0.3 is 0 Å². The molecule has 1 aromatic heterocycles. The van der Waals surface area contributed by atoms with Gasteiger partial charge in [-0.2, -0.15) is 0 Å². The average Bonchev–Trinajstić information content (AvgIpc) is 2.37. The molecule has 2 nitrogen and oxygen atoms in total. The van der Waals surface area contributed by atoms with Crippen molar-refractivity contribution in [3.8, 4) is 11.4 Å². The van der Waals surface area contributed by atoms with Gasteiger partial charge in [-0.3, -0.25) is 0 Å². The largest absolute Gasteiger partial charge is 0.232 e. The molecule has 0 amide bonds. The van der Waals surface area contributed by atoms with E-state index in [0.717, 1.165) is 26.8 Å². The molecule has 0 spiro atoms. The van der Waals surface area contributed by atoms with Crippen molar-refractivity contribution in [3.63, 3.8) is 0 Å². The van der Waals surface area contributed by atoms with Crippen LogP contribution in [0, 0.1) is 16.4 Å². The second-order valence-corrected chi connectivity index (χ2v) is 7.00. The maximum atomic E-state index is 6.23. The molecule has 2 rings (SSSR count). The van der Waals surface area contributed by atoms with Crippen molar-refractivity contribution in [2.24, 2.45) is 5.92 Å². The predicted molar refractivity (Wildman–Crippen MR) is 93.5 cm³/mol. The fourth-order valence-corrected chi connectivity index (χ4v) is 2.68. The minimum absolute atomic E-state index is 0.503. The first-order chi connectivity index (χ1) is 9.38. The molecule has 0 bridgehead atoms. The van der Waals surface area contributed by atoms with E-state index in [2.05, 4.69) is 46.4 Å². The summed E-state index contributed by atoms with van der Waals surface area (Å²) < 4.78 is 0.930. The molecule has 0 saturated carbocycles. The number of hydrogen-bond acceptors (Lipinski definition) is 2. The third-order valence-corrected chi connectivity index (χ3v) is 5.04. The second-order valence-electron chi connectivity index (χ2n) is 5.16. The molecular weight excluding hydrogens is 406 g/mol. The molecule has 0 radical (unpaired) electrons. The van der Waals surface area contributed by atoms with Crippen molar-refractivity contribution in [3.05, 3.63) is 43.2 Å².